The minimum absolute atomic E-state index is 0.176. The first-order chi connectivity index (χ1) is 12.7. The minimum atomic E-state index is -4.55. The van der Waals surface area contributed by atoms with Crippen LogP contribution in [0.1, 0.15) is 11.1 Å². The number of anilines is 1. The summed E-state index contributed by atoms with van der Waals surface area (Å²) in [6.45, 7) is 0.447. The van der Waals surface area contributed by atoms with Gasteiger partial charge < -0.3 is 10.6 Å². The second-order valence-corrected chi connectivity index (χ2v) is 7.65. The van der Waals surface area contributed by atoms with Crippen molar-refractivity contribution in [3.63, 3.8) is 0 Å². The second kappa shape index (κ2) is 9.82. The summed E-state index contributed by atoms with van der Waals surface area (Å²) >= 11 is 18.0. The van der Waals surface area contributed by atoms with Crippen molar-refractivity contribution >= 4 is 58.0 Å². The van der Waals surface area contributed by atoms with Gasteiger partial charge in [-0.2, -0.15) is 24.9 Å². The van der Waals surface area contributed by atoms with Crippen molar-refractivity contribution in [2.75, 3.05) is 17.6 Å². The van der Waals surface area contributed by atoms with Crippen molar-refractivity contribution in [3.05, 3.63) is 63.4 Å². The summed E-state index contributed by atoms with van der Waals surface area (Å²) in [5, 5.41) is 5.73. The van der Waals surface area contributed by atoms with Gasteiger partial charge in [-0.05, 0) is 42.5 Å². The van der Waals surface area contributed by atoms with Crippen molar-refractivity contribution in [1.82, 2.24) is 5.32 Å². The van der Waals surface area contributed by atoms with Gasteiger partial charge in [0.05, 0.1) is 10.6 Å². The van der Waals surface area contributed by atoms with E-state index in [1.54, 1.807) is 12.1 Å². The molecular weight excluding hydrogens is 443 g/mol. The van der Waals surface area contributed by atoms with Gasteiger partial charge in [0.2, 0.25) is 0 Å². The number of rotatable bonds is 6. The van der Waals surface area contributed by atoms with Crippen molar-refractivity contribution in [3.8, 4) is 0 Å². The predicted octanol–water partition coefficient (Wildman–Crippen LogP) is 6.37. The molecule has 0 radical (unpaired) electrons. The second-order valence-electron chi connectivity index (χ2n) is 5.33. The summed E-state index contributed by atoms with van der Waals surface area (Å²) < 4.78 is 52.2. The fraction of sp³-hybridized carbons (Fsp3) is 0.235. The molecule has 0 aliphatic carbocycles. The Bertz CT molecular complexity index is 796. The van der Waals surface area contributed by atoms with E-state index in [0.717, 1.165) is 12.1 Å². The van der Waals surface area contributed by atoms with Crippen LogP contribution in [-0.4, -0.2) is 17.4 Å². The van der Waals surface area contributed by atoms with Gasteiger partial charge in [0.25, 0.3) is 0 Å². The van der Waals surface area contributed by atoms with Gasteiger partial charge in [0.15, 0.2) is 5.11 Å². The summed E-state index contributed by atoms with van der Waals surface area (Å²) in [7, 11) is 0. The largest absolute Gasteiger partial charge is 0.417 e. The van der Waals surface area contributed by atoms with Crippen molar-refractivity contribution in [1.29, 1.82) is 0 Å². The summed E-state index contributed by atoms with van der Waals surface area (Å²) in [4.78, 5) is 0. The Labute approximate surface area is 173 Å². The normalized spacial score (nSPS) is 11.3. The molecule has 2 nitrogen and oxygen atoms in total. The number of thiocarbonyl (C=S) groups is 1. The van der Waals surface area contributed by atoms with Crippen LogP contribution in [0.2, 0.25) is 10.0 Å². The molecule has 0 atom stereocenters. The lowest BCUT2D eigenvalue weighted by Gasteiger charge is -2.14. The van der Waals surface area contributed by atoms with Crippen LogP contribution in [0.4, 0.5) is 23.2 Å². The van der Waals surface area contributed by atoms with Crippen LogP contribution in [0, 0.1) is 5.82 Å². The van der Waals surface area contributed by atoms with E-state index in [2.05, 4.69) is 10.6 Å². The Kier molecular flexibility index (Phi) is 8.03. The van der Waals surface area contributed by atoms with E-state index >= 15 is 0 Å². The van der Waals surface area contributed by atoms with E-state index in [1.165, 1.54) is 23.9 Å². The Hall–Kier alpha value is -1.22. The number of alkyl halides is 3. The molecule has 0 heterocycles. The molecule has 0 aromatic heterocycles. The maximum absolute atomic E-state index is 13.6. The van der Waals surface area contributed by atoms with E-state index < -0.39 is 11.7 Å². The molecule has 0 amide bonds. The van der Waals surface area contributed by atoms with Gasteiger partial charge in [0, 0.05) is 34.3 Å². The van der Waals surface area contributed by atoms with Crippen LogP contribution in [0.3, 0.4) is 0 Å². The first-order valence-corrected chi connectivity index (χ1v) is 9.92. The summed E-state index contributed by atoms with van der Waals surface area (Å²) in [5.41, 5.74) is -0.324. The molecule has 0 saturated heterocycles. The summed E-state index contributed by atoms with van der Waals surface area (Å²) in [6, 6.07) is 7.97. The van der Waals surface area contributed by atoms with Crippen LogP contribution in [0.5, 0.6) is 0 Å². The van der Waals surface area contributed by atoms with Crippen LogP contribution in [0.15, 0.2) is 36.4 Å². The zero-order chi connectivity index (χ0) is 20.0. The number of benzene rings is 2. The molecule has 2 aromatic carbocycles. The topological polar surface area (TPSA) is 24.1 Å². The molecule has 0 spiro atoms. The predicted molar refractivity (Wildman–Crippen MR) is 108 cm³/mol. The Morgan fingerprint density at radius 2 is 1.85 bits per heavy atom. The van der Waals surface area contributed by atoms with Gasteiger partial charge >= 0.3 is 6.18 Å². The molecule has 0 saturated carbocycles. The van der Waals surface area contributed by atoms with Gasteiger partial charge in [-0.25, -0.2) is 4.39 Å². The zero-order valence-electron chi connectivity index (χ0n) is 13.7. The van der Waals surface area contributed by atoms with E-state index in [1.807, 2.05) is 0 Å². The number of hydrogen-bond acceptors (Lipinski definition) is 2. The molecule has 2 aromatic rings. The van der Waals surface area contributed by atoms with Crippen LogP contribution < -0.4 is 10.6 Å². The third-order valence-corrected chi connectivity index (χ3v) is 5.29. The van der Waals surface area contributed by atoms with Crippen LogP contribution in [-0.2, 0) is 11.9 Å². The highest BCUT2D eigenvalue weighted by atomic mass is 35.5. The van der Waals surface area contributed by atoms with Crippen molar-refractivity contribution < 1.29 is 17.6 Å². The Morgan fingerprint density at radius 1 is 1.11 bits per heavy atom. The molecule has 0 aliphatic heterocycles. The van der Waals surface area contributed by atoms with E-state index in [-0.39, 0.29) is 21.6 Å². The van der Waals surface area contributed by atoms with Crippen molar-refractivity contribution in [2.24, 2.45) is 0 Å². The maximum Gasteiger partial charge on any atom is 0.417 e. The van der Waals surface area contributed by atoms with E-state index in [0.29, 0.717) is 28.6 Å². The van der Waals surface area contributed by atoms with Crippen LogP contribution in [0.25, 0.3) is 0 Å². The standard InChI is InChI=1S/C17H14Cl2F4N2S2/c18-13-2-1-3-15(20)11(13)9-27-7-6-24-16(26)25-10-4-5-14(19)12(8-10)17(21,22)23/h1-5,8H,6-7,9H2,(H2,24,25,26). The number of halogens is 6. The number of thioether (sulfide) groups is 1. The summed E-state index contributed by atoms with van der Waals surface area (Å²) in [6.07, 6.45) is -4.55. The average Bonchev–Trinajstić information content (AvgIpc) is 2.57. The number of hydrogen-bond donors (Lipinski definition) is 2. The molecule has 146 valence electrons. The SMILES string of the molecule is Fc1cccc(Cl)c1CSCCNC(=S)Nc1ccc(Cl)c(C(F)(F)F)c1. The lowest BCUT2D eigenvalue weighted by molar-refractivity contribution is -0.137. The lowest BCUT2D eigenvalue weighted by Crippen LogP contribution is -2.30. The molecule has 0 bridgehead atoms. The molecule has 0 aliphatic rings. The highest BCUT2D eigenvalue weighted by Gasteiger charge is 2.33. The Morgan fingerprint density at radius 3 is 2.52 bits per heavy atom. The maximum atomic E-state index is 13.6. The molecule has 0 unspecified atom stereocenters. The first kappa shape index (κ1) is 22.1. The smallest absolute Gasteiger partial charge is 0.362 e. The van der Waals surface area contributed by atoms with Crippen LogP contribution >= 0.6 is 47.2 Å². The van der Waals surface area contributed by atoms with Gasteiger partial charge in [0.1, 0.15) is 5.82 Å². The quantitative estimate of drug-likeness (QED) is 0.299. The first-order valence-electron chi connectivity index (χ1n) is 7.60. The molecule has 2 N–H and O–H groups in total. The van der Waals surface area contributed by atoms with Gasteiger partial charge in [-0.3, -0.25) is 0 Å². The average molecular weight is 457 g/mol. The highest BCUT2D eigenvalue weighted by Crippen LogP contribution is 2.36. The minimum Gasteiger partial charge on any atom is -0.362 e. The van der Waals surface area contributed by atoms with E-state index in [4.69, 9.17) is 35.4 Å². The number of nitrogens with one attached hydrogen (secondary N) is 2. The highest BCUT2D eigenvalue weighted by molar-refractivity contribution is 7.98. The fourth-order valence-corrected chi connectivity index (χ4v) is 3.72. The van der Waals surface area contributed by atoms with Crippen molar-refractivity contribution in [2.45, 2.75) is 11.9 Å². The lowest BCUT2D eigenvalue weighted by atomic mass is 10.2. The van der Waals surface area contributed by atoms with Gasteiger partial charge in [-0.15, -0.1) is 0 Å². The van der Waals surface area contributed by atoms with E-state index in [9.17, 15) is 17.6 Å². The molecule has 0 fully saturated rings. The molecule has 2 rings (SSSR count). The third kappa shape index (κ3) is 6.71. The zero-order valence-corrected chi connectivity index (χ0v) is 16.8. The molecular formula is C17H14Cl2F4N2S2. The fourth-order valence-electron chi connectivity index (χ4n) is 2.08. The summed E-state index contributed by atoms with van der Waals surface area (Å²) in [5.74, 6) is 0.642. The monoisotopic (exact) mass is 456 g/mol. The third-order valence-electron chi connectivity index (χ3n) is 3.37. The molecule has 10 heteroatoms. The Balaban J connectivity index is 1.78. The van der Waals surface area contributed by atoms with Gasteiger partial charge in [-0.1, -0.05) is 29.3 Å². The molecule has 27 heavy (non-hydrogen) atoms.